The summed E-state index contributed by atoms with van der Waals surface area (Å²) in [6.07, 6.45) is -3.57. The zero-order chi connectivity index (χ0) is 20.3. The number of alkyl halides is 5. The van der Waals surface area contributed by atoms with Crippen molar-refractivity contribution in [3.8, 4) is 17.1 Å². The molecule has 0 amide bonds. The van der Waals surface area contributed by atoms with Crippen LogP contribution in [0.2, 0.25) is 0 Å². The maximum absolute atomic E-state index is 14.1. The molecule has 0 bridgehead atoms. The van der Waals surface area contributed by atoms with Gasteiger partial charge < -0.3 is 4.74 Å². The van der Waals surface area contributed by atoms with Gasteiger partial charge in [0.25, 0.3) is 11.8 Å². The summed E-state index contributed by atoms with van der Waals surface area (Å²) in [5.41, 5.74) is 0.502. The van der Waals surface area contributed by atoms with E-state index < -0.39 is 35.8 Å². The quantitative estimate of drug-likeness (QED) is 0.621. The Balaban J connectivity index is 1.65. The van der Waals surface area contributed by atoms with E-state index in [4.69, 9.17) is 0 Å². The number of pyridine rings is 1. The van der Waals surface area contributed by atoms with Gasteiger partial charge in [0.2, 0.25) is 0 Å². The lowest BCUT2D eigenvalue weighted by Gasteiger charge is -2.17. The van der Waals surface area contributed by atoms with Crippen LogP contribution in [0.5, 0.6) is 5.88 Å². The first-order valence-corrected chi connectivity index (χ1v) is 8.04. The Morgan fingerprint density at radius 2 is 1.93 bits per heavy atom. The molecule has 0 saturated heterocycles. The highest BCUT2D eigenvalue weighted by molar-refractivity contribution is 5.59. The fraction of sp³-hybridized carbons (Fsp3) is 0.375. The summed E-state index contributed by atoms with van der Waals surface area (Å²) >= 11 is 0. The van der Waals surface area contributed by atoms with Crippen LogP contribution in [0.1, 0.15) is 25.1 Å². The summed E-state index contributed by atoms with van der Waals surface area (Å²) < 4.78 is 84.3. The minimum atomic E-state index is -4.67. The van der Waals surface area contributed by atoms with Crippen molar-refractivity contribution in [1.29, 1.82) is 0 Å². The second-order valence-corrected chi connectivity index (χ2v) is 6.39. The Kier molecular flexibility index (Phi) is 3.98. The number of aromatic nitrogens is 5. The molecule has 148 valence electrons. The number of ether oxygens (including phenoxy) is 1. The maximum atomic E-state index is 14.1. The molecule has 1 fully saturated rings. The topological polar surface area (TPSA) is 65.2 Å². The third-order valence-electron chi connectivity index (χ3n) is 4.31. The molecule has 3 aromatic rings. The fourth-order valence-corrected chi connectivity index (χ4v) is 2.59. The highest BCUT2D eigenvalue weighted by Gasteiger charge is 2.60. The average Bonchev–Trinajstić information content (AvgIpc) is 3.06. The van der Waals surface area contributed by atoms with Gasteiger partial charge in [-0.05, 0) is 13.0 Å². The van der Waals surface area contributed by atoms with Crippen molar-refractivity contribution < 1.29 is 31.1 Å². The van der Waals surface area contributed by atoms with Gasteiger partial charge in [-0.15, -0.1) is 10.2 Å². The van der Waals surface area contributed by atoms with Crippen LogP contribution in [0, 0.1) is 5.82 Å². The van der Waals surface area contributed by atoms with Gasteiger partial charge in [-0.1, -0.05) is 0 Å². The number of hydrogen-bond acceptors (Lipinski definition) is 5. The molecule has 0 spiro atoms. The van der Waals surface area contributed by atoms with E-state index in [1.807, 2.05) is 0 Å². The van der Waals surface area contributed by atoms with E-state index in [1.54, 1.807) is 0 Å². The number of fused-ring (bicyclic) bond motifs is 1. The monoisotopic (exact) mass is 403 g/mol. The van der Waals surface area contributed by atoms with Crippen molar-refractivity contribution in [3.63, 3.8) is 0 Å². The van der Waals surface area contributed by atoms with E-state index in [0.717, 1.165) is 19.2 Å². The first-order chi connectivity index (χ1) is 13.1. The van der Waals surface area contributed by atoms with Gasteiger partial charge in [0.15, 0.2) is 17.6 Å². The Morgan fingerprint density at radius 1 is 1.21 bits per heavy atom. The van der Waals surface area contributed by atoms with Crippen LogP contribution < -0.4 is 4.74 Å². The molecule has 0 N–H and O–H groups in total. The van der Waals surface area contributed by atoms with Crippen LogP contribution in [0.15, 0.2) is 24.7 Å². The zero-order valence-electron chi connectivity index (χ0n) is 14.1. The molecule has 0 radical (unpaired) electrons. The van der Waals surface area contributed by atoms with E-state index in [9.17, 15) is 26.3 Å². The molecule has 1 saturated carbocycles. The molecule has 6 nitrogen and oxygen atoms in total. The van der Waals surface area contributed by atoms with Gasteiger partial charge in [0.05, 0.1) is 17.8 Å². The minimum Gasteiger partial charge on any atom is -0.463 e. The summed E-state index contributed by atoms with van der Waals surface area (Å²) in [4.78, 5) is 7.61. The number of halogens is 6. The van der Waals surface area contributed by atoms with Crippen LogP contribution >= 0.6 is 0 Å². The molecule has 1 aliphatic carbocycles. The van der Waals surface area contributed by atoms with Gasteiger partial charge in [-0.2, -0.15) is 13.2 Å². The van der Waals surface area contributed by atoms with E-state index >= 15 is 0 Å². The Hall–Kier alpha value is -2.92. The highest BCUT2D eigenvalue weighted by atomic mass is 19.4. The third kappa shape index (κ3) is 3.22. The van der Waals surface area contributed by atoms with Gasteiger partial charge in [-0.3, -0.25) is 9.38 Å². The Bertz CT molecular complexity index is 1050. The second kappa shape index (κ2) is 6.04. The summed E-state index contributed by atoms with van der Waals surface area (Å²) in [5.74, 6) is -5.79. The summed E-state index contributed by atoms with van der Waals surface area (Å²) in [6.45, 7) is 0.728. The SMILES string of the molecule is C[C@@H](Oc1ncc(-c2cn3c([C@@H]4CC4(F)F)nnc3cn2)cc1F)C(F)(F)F. The van der Waals surface area contributed by atoms with Crippen LogP contribution in [-0.4, -0.2) is 42.8 Å². The third-order valence-corrected chi connectivity index (χ3v) is 4.31. The van der Waals surface area contributed by atoms with Crippen molar-refractivity contribution in [3.05, 3.63) is 36.3 Å². The standard InChI is InChI=1S/C16H11F6N5O/c1-7(16(20,21)22)28-14-10(17)2-8(4-24-14)11-6-27-12(5-23-11)25-26-13(27)9-3-15(9,18)19/h2,4-7,9H,3H2,1H3/t7-,9+/m1/s1. The predicted octanol–water partition coefficient (Wildman–Crippen LogP) is 3.78. The second-order valence-electron chi connectivity index (χ2n) is 6.39. The number of nitrogens with zero attached hydrogens (tertiary/aromatic N) is 5. The van der Waals surface area contributed by atoms with Gasteiger partial charge in [0, 0.05) is 24.4 Å². The molecule has 3 aromatic heterocycles. The maximum Gasteiger partial charge on any atom is 0.425 e. The van der Waals surface area contributed by atoms with Crippen molar-refractivity contribution in [2.24, 2.45) is 0 Å². The fourth-order valence-electron chi connectivity index (χ4n) is 2.59. The smallest absolute Gasteiger partial charge is 0.425 e. The van der Waals surface area contributed by atoms with Crippen LogP contribution in [-0.2, 0) is 0 Å². The van der Waals surface area contributed by atoms with Crippen LogP contribution in [0.25, 0.3) is 16.9 Å². The lowest BCUT2D eigenvalue weighted by atomic mass is 10.2. The normalized spacial score (nSPS) is 19.6. The minimum absolute atomic E-state index is 0.0519. The molecular formula is C16H11F6N5O. The van der Waals surface area contributed by atoms with E-state index in [0.29, 0.717) is 0 Å². The first-order valence-electron chi connectivity index (χ1n) is 8.04. The van der Waals surface area contributed by atoms with Crippen molar-refractivity contribution in [2.75, 3.05) is 0 Å². The van der Waals surface area contributed by atoms with Gasteiger partial charge >= 0.3 is 6.18 Å². The zero-order valence-corrected chi connectivity index (χ0v) is 14.1. The molecule has 0 aromatic carbocycles. The van der Waals surface area contributed by atoms with Crippen LogP contribution in [0.4, 0.5) is 26.3 Å². The molecule has 1 aliphatic rings. The van der Waals surface area contributed by atoms with E-state index in [1.165, 1.54) is 16.8 Å². The molecular weight excluding hydrogens is 392 g/mol. The van der Waals surface area contributed by atoms with Crippen molar-refractivity contribution in [2.45, 2.75) is 37.5 Å². The number of hydrogen-bond donors (Lipinski definition) is 0. The summed E-state index contributed by atoms with van der Waals surface area (Å²) in [6, 6.07) is 0.898. The Morgan fingerprint density at radius 3 is 2.54 bits per heavy atom. The molecule has 4 rings (SSSR count). The lowest BCUT2D eigenvalue weighted by molar-refractivity contribution is -0.190. The largest absolute Gasteiger partial charge is 0.463 e. The lowest BCUT2D eigenvalue weighted by Crippen LogP contribution is -2.31. The van der Waals surface area contributed by atoms with E-state index in [-0.39, 0.29) is 29.1 Å². The summed E-state index contributed by atoms with van der Waals surface area (Å²) in [7, 11) is 0. The molecule has 28 heavy (non-hydrogen) atoms. The summed E-state index contributed by atoms with van der Waals surface area (Å²) in [5, 5.41) is 7.52. The van der Waals surface area contributed by atoms with Gasteiger partial charge in [-0.25, -0.2) is 18.2 Å². The predicted molar refractivity (Wildman–Crippen MR) is 82.4 cm³/mol. The highest BCUT2D eigenvalue weighted by Crippen LogP contribution is 2.55. The van der Waals surface area contributed by atoms with E-state index in [2.05, 4.69) is 24.9 Å². The molecule has 12 heteroatoms. The van der Waals surface area contributed by atoms with Crippen molar-refractivity contribution >= 4 is 5.65 Å². The molecule has 3 heterocycles. The molecule has 0 unspecified atom stereocenters. The van der Waals surface area contributed by atoms with Crippen LogP contribution in [0.3, 0.4) is 0 Å². The van der Waals surface area contributed by atoms with Gasteiger partial charge in [0.1, 0.15) is 5.82 Å². The average molecular weight is 403 g/mol. The first kappa shape index (κ1) is 18.4. The molecule has 2 atom stereocenters. The molecule has 0 aliphatic heterocycles. The van der Waals surface area contributed by atoms with Crippen molar-refractivity contribution in [1.82, 2.24) is 24.6 Å². The number of rotatable bonds is 4. The Labute approximate surface area is 153 Å².